The van der Waals surface area contributed by atoms with Gasteiger partial charge in [0.15, 0.2) is 0 Å². The minimum Gasteiger partial charge on any atom is -0.396 e. The van der Waals surface area contributed by atoms with Gasteiger partial charge < -0.3 is 9.90 Å². The van der Waals surface area contributed by atoms with Crippen molar-refractivity contribution in [3.63, 3.8) is 0 Å². The van der Waals surface area contributed by atoms with Gasteiger partial charge >= 0.3 is 29.6 Å². The van der Waals surface area contributed by atoms with Crippen molar-refractivity contribution in [1.29, 1.82) is 0 Å². The predicted octanol–water partition coefficient (Wildman–Crippen LogP) is -1.64. The Hall–Kier alpha value is -0.0200. The molecule has 0 amide bonds. The minimum absolute atomic E-state index is 0. The summed E-state index contributed by atoms with van der Waals surface area (Å²) in [4.78, 5) is 11.2. The zero-order valence-corrected chi connectivity index (χ0v) is 9.29. The van der Waals surface area contributed by atoms with Gasteiger partial charge in [0, 0.05) is 13.0 Å². The fourth-order valence-electron chi connectivity index (χ4n) is 0.944. The summed E-state index contributed by atoms with van der Waals surface area (Å²) in [5, 5.41) is 8.46. The van der Waals surface area contributed by atoms with E-state index in [0.29, 0.717) is 12.8 Å². The van der Waals surface area contributed by atoms with Gasteiger partial charge in [-0.05, 0) is 6.42 Å². The van der Waals surface area contributed by atoms with Gasteiger partial charge in [-0.25, -0.2) is 12.1 Å². The number of aliphatic hydroxyl groups is 1. The summed E-state index contributed by atoms with van der Waals surface area (Å²) in [7, 11) is 0. The van der Waals surface area contributed by atoms with Crippen molar-refractivity contribution < 1.29 is 39.5 Å². The average Bonchev–Trinajstić information content (AvgIpc) is 2.52. The zero-order valence-electron chi connectivity index (χ0n) is 7.29. The van der Waals surface area contributed by atoms with E-state index in [1.807, 2.05) is 12.1 Å². The molecule has 0 spiro atoms. The second-order valence-corrected chi connectivity index (χ2v) is 2.42. The molecule has 0 unspecified atom stereocenters. The molecule has 3 heteroatoms. The van der Waals surface area contributed by atoms with E-state index < -0.39 is 0 Å². The van der Waals surface area contributed by atoms with E-state index in [0.717, 1.165) is 5.56 Å². The summed E-state index contributed by atoms with van der Waals surface area (Å²) in [6.45, 7) is 0.0897. The summed E-state index contributed by atoms with van der Waals surface area (Å²) < 4.78 is 0. The predicted molar refractivity (Wildman–Crippen MR) is 42.7 cm³/mol. The van der Waals surface area contributed by atoms with Gasteiger partial charge in [-0.15, -0.1) is 0 Å². The molecule has 0 aromatic heterocycles. The number of hydrogen-bond donors (Lipinski definition) is 1. The minimum atomic E-state index is 0. The molecule has 1 N–H and O–H groups in total. The molecule has 0 bridgehead atoms. The van der Waals surface area contributed by atoms with Crippen LogP contribution in [-0.4, -0.2) is 17.5 Å². The number of rotatable bonds is 4. The molecule has 12 heavy (non-hydrogen) atoms. The SMILES string of the molecule is O=C(CCCO)[c-]1cccc1.[Na+]. The van der Waals surface area contributed by atoms with E-state index in [1.165, 1.54) is 0 Å². The van der Waals surface area contributed by atoms with E-state index in [-0.39, 0.29) is 41.9 Å². The molecule has 0 atom stereocenters. The van der Waals surface area contributed by atoms with Gasteiger partial charge in [0.25, 0.3) is 0 Å². The Morgan fingerprint density at radius 2 is 1.92 bits per heavy atom. The van der Waals surface area contributed by atoms with Crippen molar-refractivity contribution >= 4 is 5.78 Å². The maximum atomic E-state index is 11.2. The van der Waals surface area contributed by atoms with Crippen molar-refractivity contribution in [1.82, 2.24) is 0 Å². The normalized spacial score (nSPS) is 9.08. The summed E-state index contributed by atoms with van der Waals surface area (Å²) in [5.41, 5.74) is 0.749. The quantitative estimate of drug-likeness (QED) is 0.338. The number of hydrogen-bond acceptors (Lipinski definition) is 2. The average molecular weight is 174 g/mol. The van der Waals surface area contributed by atoms with Crippen LogP contribution in [0, 0.1) is 0 Å². The van der Waals surface area contributed by atoms with E-state index in [9.17, 15) is 4.79 Å². The number of Topliss-reactive ketones (excluding diaryl/α,β-unsaturated/α-hetero) is 1. The van der Waals surface area contributed by atoms with Crippen LogP contribution in [0.25, 0.3) is 0 Å². The summed E-state index contributed by atoms with van der Waals surface area (Å²) in [6.07, 6.45) is 1.00. The van der Waals surface area contributed by atoms with E-state index in [1.54, 1.807) is 12.1 Å². The molecule has 2 nitrogen and oxygen atoms in total. The van der Waals surface area contributed by atoms with Crippen molar-refractivity contribution in [3.05, 3.63) is 29.8 Å². The van der Waals surface area contributed by atoms with Crippen molar-refractivity contribution in [2.24, 2.45) is 0 Å². The molecule has 0 aliphatic heterocycles. The Bertz CT molecular complexity index is 216. The molecule has 0 saturated heterocycles. The Labute approximate surface area is 94.2 Å². The monoisotopic (exact) mass is 174 g/mol. The van der Waals surface area contributed by atoms with Gasteiger partial charge in [-0.1, -0.05) is 5.56 Å². The fourth-order valence-corrected chi connectivity index (χ4v) is 0.944. The topological polar surface area (TPSA) is 37.3 Å². The molecule has 0 fully saturated rings. The Morgan fingerprint density at radius 1 is 1.33 bits per heavy atom. The first-order valence-electron chi connectivity index (χ1n) is 3.70. The first-order valence-corrected chi connectivity index (χ1v) is 3.70. The molecular formula is C9H11NaO2. The first-order chi connectivity index (χ1) is 5.34. The van der Waals surface area contributed by atoms with Crippen LogP contribution in [0.1, 0.15) is 23.2 Å². The summed E-state index contributed by atoms with van der Waals surface area (Å²) in [5.74, 6) is 0.115. The van der Waals surface area contributed by atoms with E-state index in [2.05, 4.69) is 0 Å². The number of aliphatic hydroxyl groups excluding tert-OH is 1. The summed E-state index contributed by atoms with van der Waals surface area (Å²) >= 11 is 0. The Balaban J connectivity index is 0.00000121. The molecule has 1 aromatic rings. The molecule has 0 aliphatic rings. The molecule has 0 aliphatic carbocycles. The van der Waals surface area contributed by atoms with Crippen LogP contribution in [-0.2, 0) is 0 Å². The number of ketones is 1. The second-order valence-electron chi connectivity index (χ2n) is 2.42. The van der Waals surface area contributed by atoms with Crippen molar-refractivity contribution in [2.45, 2.75) is 12.8 Å². The molecule has 0 saturated carbocycles. The molecule has 1 aromatic carbocycles. The fraction of sp³-hybridized carbons (Fsp3) is 0.333. The summed E-state index contributed by atoms with van der Waals surface area (Å²) in [6, 6.07) is 7.26. The van der Waals surface area contributed by atoms with E-state index in [4.69, 9.17) is 5.11 Å². The van der Waals surface area contributed by atoms with Crippen LogP contribution < -0.4 is 29.6 Å². The molecule has 0 heterocycles. The van der Waals surface area contributed by atoms with Crippen LogP contribution in [0.5, 0.6) is 0 Å². The number of carbonyl (C=O) groups excluding carboxylic acids is 1. The van der Waals surface area contributed by atoms with Gasteiger partial charge in [-0.2, -0.15) is 12.1 Å². The maximum absolute atomic E-state index is 11.2. The number of carbonyl (C=O) groups is 1. The van der Waals surface area contributed by atoms with Crippen molar-refractivity contribution in [3.8, 4) is 0 Å². The van der Waals surface area contributed by atoms with Crippen LogP contribution in [0.4, 0.5) is 0 Å². The van der Waals surface area contributed by atoms with Crippen LogP contribution in [0.3, 0.4) is 0 Å². The van der Waals surface area contributed by atoms with E-state index >= 15 is 0 Å². The van der Waals surface area contributed by atoms with Crippen LogP contribution in [0.15, 0.2) is 24.3 Å². The van der Waals surface area contributed by atoms with Crippen LogP contribution >= 0.6 is 0 Å². The zero-order chi connectivity index (χ0) is 8.10. The maximum Gasteiger partial charge on any atom is 1.00 e. The standard InChI is InChI=1S/C9H11O2.Na/c10-7-3-6-9(11)8-4-1-2-5-8;/h1-2,4-5,10H,3,6-7H2;/q-1;+1. The van der Waals surface area contributed by atoms with Gasteiger partial charge in [-0.3, -0.25) is 0 Å². The molecule has 0 radical (unpaired) electrons. The third-order valence-electron chi connectivity index (χ3n) is 1.55. The Kier molecular flexibility index (Phi) is 6.48. The largest absolute Gasteiger partial charge is 1.00 e. The third-order valence-corrected chi connectivity index (χ3v) is 1.55. The van der Waals surface area contributed by atoms with Crippen LogP contribution in [0.2, 0.25) is 0 Å². The second kappa shape index (κ2) is 6.49. The molecule has 1 rings (SSSR count). The first kappa shape index (κ1) is 12.0. The Morgan fingerprint density at radius 3 is 2.42 bits per heavy atom. The van der Waals surface area contributed by atoms with Gasteiger partial charge in [0.1, 0.15) is 5.78 Å². The molecular weight excluding hydrogens is 163 g/mol. The van der Waals surface area contributed by atoms with Gasteiger partial charge in [0.2, 0.25) is 0 Å². The molecule has 60 valence electrons. The smallest absolute Gasteiger partial charge is 0.396 e. The van der Waals surface area contributed by atoms with Crippen molar-refractivity contribution in [2.75, 3.05) is 6.61 Å². The third kappa shape index (κ3) is 3.59. The van der Waals surface area contributed by atoms with Gasteiger partial charge in [0.05, 0.1) is 0 Å².